The number of halogens is 3. The Morgan fingerprint density at radius 3 is 2.52 bits per heavy atom. The summed E-state index contributed by atoms with van der Waals surface area (Å²) in [5, 5.41) is 7.88. The number of hydrogen-bond acceptors (Lipinski definition) is 5. The molecule has 2 bridgehead atoms. The number of alkyl halides is 2. The van der Waals surface area contributed by atoms with Gasteiger partial charge in [-0.3, -0.25) is 9.59 Å². The lowest BCUT2D eigenvalue weighted by Gasteiger charge is -2.43. The van der Waals surface area contributed by atoms with Crippen molar-refractivity contribution in [2.75, 3.05) is 11.9 Å². The first kappa shape index (κ1) is 21.7. The number of rotatable bonds is 5. The average molecular weight is 460 g/mol. The molecule has 0 amide bonds. The van der Waals surface area contributed by atoms with Gasteiger partial charge >= 0.3 is 0 Å². The number of fused-ring (bicyclic) bond motifs is 2. The highest BCUT2D eigenvalue weighted by molar-refractivity contribution is 5.90. The number of aromatic nitrogens is 3. The summed E-state index contributed by atoms with van der Waals surface area (Å²) in [6.45, 7) is 4.01. The van der Waals surface area contributed by atoms with E-state index in [0.29, 0.717) is 24.8 Å². The highest BCUT2D eigenvalue weighted by Crippen LogP contribution is 2.55. The van der Waals surface area contributed by atoms with Crippen LogP contribution in [0.2, 0.25) is 0 Å². The molecule has 2 saturated heterocycles. The van der Waals surface area contributed by atoms with Crippen LogP contribution < -0.4 is 16.4 Å². The van der Waals surface area contributed by atoms with Gasteiger partial charge in [-0.15, -0.1) is 0 Å². The summed E-state index contributed by atoms with van der Waals surface area (Å²) in [6, 6.07) is 4.38. The molecule has 7 nitrogen and oxygen atoms in total. The van der Waals surface area contributed by atoms with Gasteiger partial charge in [0.15, 0.2) is 5.82 Å². The summed E-state index contributed by atoms with van der Waals surface area (Å²) in [5.74, 6) is -0.748. The molecular weight excluding hydrogens is 437 g/mol. The molecule has 0 spiro atoms. The van der Waals surface area contributed by atoms with E-state index >= 15 is 0 Å². The van der Waals surface area contributed by atoms with E-state index in [1.54, 1.807) is 17.7 Å². The van der Waals surface area contributed by atoms with Crippen molar-refractivity contribution in [1.82, 2.24) is 14.3 Å². The molecule has 2 aromatic heterocycles. The van der Waals surface area contributed by atoms with Crippen molar-refractivity contribution in [2.24, 2.45) is 7.05 Å². The topological polar surface area (TPSA) is 78.2 Å². The van der Waals surface area contributed by atoms with Crippen molar-refractivity contribution in [3.05, 3.63) is 68.1 Å². The molecule has 3 aliphatic rings. The fourth-order valence-electron chi connectivity index (χ4n) is 5.25. The van der Waals surface area contributed by atoms with Gasteiger partial charge in [0, 0.05) is 43.1 Å². The number of aryl methyl sites for hydroxylation is 1. The number of hydrogen-bond donors (Lipinski definition) is 1. The Bertz CT molecular complexity index is 1390. The quantitative estimate of drug-likeness (QED) is 0.629. The molecule has 2 aliphatic heterocycles. The summed E-state index contributed by atoms with van der Waals surface area (Å²) in [5.41, 5.74) is -2.11. The number of ether oxygens (including phenoxy) is 1. The Hall–Kier alpha value is -3.14. The zero-order valence-corrected chi connectivity index (χ0v) is 18.4. The second kappa shape index (κ2) is 7.18. The van der Waals surface area contributed by atoms with E-state index in [1.807, 2.05) is 6.92 Å². The Morgan fingerprint density at radius 1 is 1.18 bits per heavy atom. The summed E-state index contributed by atoms with van der Waals surface area (Å²) >= 11 is 0. The Morgan fingerprint density at radius 2 is 1.88 bits per heavy atom. The first-order valence-electron chi connectivity index (χ1n) is 10.6. The van der Waals surface area contributed by atoms with E-state index in [9.17, 15) is 22.8 Å². The van der Waals surface area contributed by atoms with Crippen molar-refractivity contribution < 1.29 is 17.9 Å². The van der Waals surface area contributed by atoms with Gasteiger partial charge in [-0.2, -0.15) is 5.10 Å². The van der Waals surface area contributed by atoms with Crippen molar-refractivity contribution in [3.63, 3.8) is 0 Å². The molecule has 1 N–H and O–H groups in total. The molecule has 0 radical (unpaired) electrons. The Balaban J connectivity index is 1.61. The Kier molecular flexibility index (Phi) is 4.72. The van der Waals surface area contributed by atoms with Crippen LogP contribution in [0.4, 0.5) is 19.0 Å². The second-order valence-electron chi connectivity index (χ2n) is 9.32. The van der Waals surface area contributed by atoms with Gasteiger partial charge in [-0.1, -0.05) is 18.2 Å². The maximum atomic E-state index is 14.7. The maximum absolute atomic E-state index is 14.7. The summed E-state index contributed by atoms with van der Waals surface area (Å²) in [7, 11) is 1.45. The van der Waals surface area contributed by atoms with Gasteiger partial charge in [-0.05, 0) is 13.8 Å². The third kappa shape index (κ3) is 3.26. The minimum Gasteiger partial charge on any atom is -0.373 e. The molecule has 174 valence electrons. The minimum absolute atomic E-state index is 0.0440. The molecule has 6 rings (SSSR count). The highest BCUT2D eigenvalue weighted by atomic mass is 19.3. The van der Waals surface area contributed by atoms with Gasteiger partial charge in [-0.25, -0.2) is 17.9 Å². The van der Waals surface area contributed by atoms with Crippen molar-refractivity contribution in [2.45, 2.75) is 50.3 Å². The van der Waals surface area contributed by atoms with Gasteiger partial charge in [0.1, 0.15) is 5.82 Å². The monoisotopic (exact) mass is 460 g/mol. The largest absolute Gasteiger partial charge is 0.373 e. The normalized spacial score (nSPS) is 24.8. The smallest absolute Gasteiger partial charge is 0.274 e. The number of benzene rings is 1. The fraction of sp³-hybridized carbons (Fsp3) is 0.435. The molecule has 3 aromatic rings. The van der Waals surface area contributed by atoms with Crippen LogP contribution in [0.3, 0.4) is 0 Å². The standard InChI is InChI=1S/C23H23F3N4O3/c1-12(13-5-4-6-14(18(13)24)19(25)26)27-20-16-8-30(23-9-22(2,10-23)33-11-23)17(31)7-15(16)21(32)29(3)28-20/h4-8,12,19H,9-11H2,1-3H3,(H,27,28)/t12-,22?,23?/m1/s1. The van der Waals surface area contributed by atoms with E-state index in [0.717, 1.165) is 10.7 Å². The highest BCUT2D eigenvalue weighted by Gasteiger charge is 2.61. The van der Waals surface area contributed by atoms with Gasteiger partial charge in [0.05, 0.1) is 34.7 Å². The number of anilines is 1. The van der Waals surface area contributed by atoms with Gasteiger partial charge in [0.2, 0.25) is 0 Å². The lowest BCUT2D eigenvalue weighted by Crippen LogP contribution is -2.52. The number of pyridine rings is 1. The number of nitrogens with one attached hydrogen (secondary N) is 1. The molecular formula is C23H23F3N4O3. The Labute approximate surface area is 186 Å². The lowest BCUT2D eigenvalue weighted by molar-refractivity contribution is 0.00546. The van der Waals surface area contributed by atoms with Crippen molar-refractivity contribution in [1.29, 1.82) is 0 Å². The average Bonchev–Trinajstić information content (AvgIpc) is 3.25. The molecule has 1 aromatic carbocycles. The summed E-state index contributed by atoms with van der Waals surface area (Å²) < 4.78 is 49.5. The fourth-order valence-corrected chi connectivity index (χ4v) is 5.25. The van der Waals surface area contributed by atoms with E-state index in [2.05, 4.69) is 10.4 Å². The van der Waals surface area contributed by atoms with Crippen LogP contribution in [0.5, 0.6) is 0 Å². The lowest BCUT2D eigenvalue weighted by atomic mass is 9.69. The van der Waals surface area contributed by atoms with Crippen LogP contribution in [-0.2, 0) is 17.3 Å². The first-order valence-corrected chi connectivity index (χ1v) is 10.6. The van der Waals surface area contributed by atoms with E-state index in [4.69, 9.17) is 4.74 Å². The predicted molar refractivity (Wildman–Crippen MR) is 116 cm³/mol. The zero-order valence-electron chi connectivity index (χ0n) is 18.4. The van der Waals surface area contributed by atoms with Crippen LogP contribution >= 0.6 is 0 Å². The van der Waals surface area contributed by atoms with Crippen LogP contribution in [0, 0.1) is 5.82 Å². The maximum Gasteiger partial charge on any atom is 0.274 e. The molecule has 4 heterocycles. The molecule has 0 unspecified atom stereocenters. The molecule has 1 saturated carbocycles. The molecule has 33 heavy (non-hydrogen) atoms. The molecule has 1 atom stereocenters. The third-order valence-corrected chi connectivity index (χ3v) is 6.80. The van der Waals surface area contributed by atoms with Gasteiger partial charge in [0.25, 0.3) is 17.5 Å². The predicted octanol–water partition coefficient (Wildman–Crippen LogP) is 3.62. The summed E-state index contributed by atoms with van der Waals surface area (Å²) in [6.07, 6.45) is 0.0359. The van der Waals surface area contributed by atoms with Crippen LogP contribution in [0.25, 0.3) is 10.8 Å². The third-order valence-electron chi connectivity index (χ3n) is 6.80. The minimum atomic E-state index is -2.94. The molecule has 10 heteroatoms. The van der Waals surface area contributed by atoms with E-state index in [-0.39, 0.29) is 27.9 Å². The van der Waals surface area contributed by atoms with Gasteiger partial charge < -0.3 is 14.6 Å². The number of nitrogens with zero attached hydrogens (tertiary/aromatic N) is 3. The van der Waals surface area contributed by atoms with Crippen LogP contribution in [0.1, 0.15) is 50.3 Å². The zero-order chi connectivity index (χ0) is 23.7. The van der Waals surface area contributed by atoms with E-state index in [1.165, 1.54) is 25.2 Å². The molecule has 1 aliphatic carbocycles. The molecule has 3 fully saturated rings. The van der Waals surface area contributed by atoms with Crippen molar-refractivity contribution >= 4 is 16.6 Å². The van der Waals surface area contributed by atoms with E-state index < -0.39 is 34.9 Å². The van der Waals surface area contributed by atoms with Crippen LogP contribution in [0.15, 0.2) is 40.1 Å². The van der Waals surface area contributed by atoms with Crippen LogP contribution in [-0.4, -0.2) is 26.6 Å². The summed E-state index contributed by atoms with van der Waals surface area (Å²) in [4.78, 5) is 25.6. The van der Waals surface area contributed by atoms with Crippen molar-refractivity contribution in [3.8, 4) is 0 Å². The SMILES string of the molecule is C[C@@H](Nc1nn(C)c(=O)c2cc(=O)n(C34COC(C)(C3)C4)cc12)c1cccc(C(F)F)c1F. The second-order valence-corrected chi connectivity index (χ2v) is 9.32. The first-order chi connectivity index (χ1) is 15.5.